The number of carboxylic acid groups (broad SMARTS) is 1. The van der Waals surface area contributed by atoms with Crippen molar-refractivity contribution < 1.29 is 24.0 Å². The molecular formula is C31H28N2O5. The molecule has 1 N–H and O–H groups in total. The maximum atomic E-state index is 12.7. The summed E-state index contributed by atoms with van der Waals surface area (Å²) in [6.07, 6.45) is 1.70. The molecule has 38 heavy (non-hydrogen) atoms. The van der Waals surface area contributed by atoms with Crippen molar-refractivity contribution in [3.8, 4) is 22.5 Å². The number of hydrogen-bond donors (Lipinski definition) is 1. The van der Waals surface area contributed by atoms with Gasteiger partial charge in [0.15, 0.2) is 5.76 Å². The molecule has 4 aromatic rings. The van der Waals surface area contributed by atoms with Crippen molar-refractivity contribution in [1.29, 1.82) is 0 Å². The second-order valence-corrected chi connectivity index (χ2v) is 10.1. The first-order valence-corrected chi connectivity index (χ1v) is 12.8. The Bertz CT molecular complexity index is 1490. The summed E-state index contributed by atoms with van der Waals surface area (Å²) in [6, 6.07) is 25.6. The van der Waals surface area contributed by atoms with E-state index >= 15 is 0 Å². The Morgan fingerprint density at radius 1 is 1.00 bits per heavy atom. The average molecular weight is 509 g/mol. The molecule has 3 aromatic carbocycles. The number of rotatable bonds is 8. The van der Waals surface area contributed by atoms with Gasteiger partial charge in [-0.1, -0.05) is 84.0 Å². The lowest BCUT2D eigenvalue weighted by atomic mass is 9.91. The lowest BCUT2D eigenvalue weighted by Gasteiger charge is -2.22. The number of carbonyl (C=O) groups excluding carboxylic acids is 1. The predicted octanol–water partition coefficient (Wildman–Crippen LogP) is 6.00. The lowest BCUT2D eigenvalue weighted by molar-refractivity contribution is -0.140. The smallest absolute Gasteiger partial charge is 0.410 e. The molecule has 0 spiro atoms. The number of cyclic esters (lactones) is 1. The van der Waals surface area contributed by atoms with Crippen LogP contribution in [0, 0.1) is 6.92 Å². The van der Waals surface area contributed by atoms with Gasteiger partial charge < -0.3 is 14.4 Å². The van der Waals surface area contributed by atoms with Crippen LogP contribution in [0.2, 0.25) is 0 Å². The molecule has 0 unspecified atom stereocenters. The van der Waals surface area contributed by atoms with E-state index in [-0.39, 0.29) is 12.1 Å². The van der Waals surface area contributed by atoms with Crippen LogP contribution in [0.5, 0.6) is 0 Å². The summed E-state index contributed by atoms with van der Waals surface area (Å²) in [4.78, 5) is 26.2. The van der Waals surface area contributed by atoms with Crippen LogP contribution in [-0.4, -0.2) is 39.9 Å². The minimum absolute atomic E-state index is 0.0844. The van der Waals surface area contributed by atoms with Crippen LogP contribution >= 0.6 is 0 Å². The molecule has 192 valence electrons. The summed E-state index contributed by atoms with van der Waals surface area (Å²) in [5.41, 5.74) is 5.56. The fourth-order valence-electron chi connectivity index (χ4n) is 5.35. The number of nitrogens with zero attached hydrogens (tertiary/aromatic N) is 2. The Morgan fingerprint density at radius 3 is 2.37 bits per heavy atom. The number of aliphatic carboxylic acids is 1. The van der Waals surface area contributed by atoms with Crippen LogP contribution in [-0.2, 0) is 27.9 Å². The molecular weight excluding hydrogens is 480 g/mol. The largest absolute Gasteiger partial charge is 0.481 e. The molecule has 1 aromatic heterocycles. The van der Waals surface area contributed by atoms with E-state index in [1.54, 1.807) is 4.90 Å². The summed E-state index contributed by atoms with van der Waals surface area (Å²) >= 11 is 0. The maximum Gasteiger partial charge on any atom is 0.410 e. The highest BCUT2D eigenvalue weighted by Crippen LogP contribution is 2.49. The summed E-state index contributed by atoms with van der Waals surface area (Å²) in [6.45, 7) is 2.55. The molecule has 7 heteroatoms. The number of aromatic nitrogens is 1. The Morgan fingerprint density at radius 2 is 1.68 bits per heavy atom. The SMILES string of the molecule is Cc1noc(-c2ccccc2-c2ccc(C3(C(=O)O)CC3)cc2)c1CN1C(=O)OC[C@@H]1Cc1ccccc1. The van der Waals surface area contributed by atoms with E-state index in [0.717, 1.165) is 39.1 Å². The van der Waals surface area contributed by atoms with Crippen molar-refractivity contribution >= 4 is 12.1 Å². The number of ether oxygens (including phenoxy) is 1. The number of carbonyl (C=O) groups is 2. The zero-order valence-corrected chi connectivity index (χ0v) is 21.1. The molecule has 6 rings (SSSR count). The summed E-state index contributed by atoms with van der Waals surface area (Å²) < 4.78 is 11.3. The molecule has 1 saturated carbocycles. The Balaban J connectivity index is 1.31. The third-order valence-corrected chi connectivity index (χ3v) is 7.78. The Hall–Kier alpha value is -4.39. The molecule has 1 atom stereocenters. The summed E-state index contributed by atoms with van der Waals surface area (Å²) in [7, 11) is 0. The van der Waals surface area contributed by atoms with Gasteiger partial charge in [-0.25, -0.2) is 4.79 Å². The number of benzene rings is 3. The van der Waals surface area contributed by atoms with Crippen LogP contribution in [0.15, 0.2) is 83.4 Å². The molecule has 1 aliphatic carbocycles. The van der Waals surface area contributed by atoms with Crippen molar-refractivity contribution in [2.45, 2.75) is 44.2 Å². The van der Waals surface area contributed by atoms with E-state index in [1.165, 1.54) is 0 Å². The minimum atomic E-state index is -0.765. The minimum Gasteiger partial charge on any atom is -0.481 e. The molecule has 2 fully saturated rings. The molecule has 2 aliphatic rings. The van der Waals surface area contributed by atoms with Gasteiger partial charge in [-0.2, -0.15) is 0 Å². The van der Waals surface area contributed by atoms with Crippen LogP contribution in [0.1, 0.15) is 35.2 Å². The van der Waals surface area contributed by atoms with Gasteiger partial charge in [-0.3, -0.25) is 9.69 Å². The normalized spacial score (nSPS) is 17.9. The van der Waals surface area contributed by atoms with Crippen LogP contribution in [0.25, 0.3) is 22.5 Å². The first-order chi connectivity index (χ1) is 18.5. The molecule has 1 amide bonds. The number of carboxylic acids is 1. The van der Waals surface area contributed by atoms with Gasteiger partial charge in [-0.15, -0.1) is 0 Å². The first kappa shape index (κ1) is 24.0. The van der Waals surface area contributed by atoms with E-state index in [2.05, 4.69) is 17.3 Å². The van der Waals surface area contributed by atoms with E-state index in [4.69, 9.17) is 9.26 Å². The third kappa shape index (κ3) is 4.24. The van der Waals surface area contributed by atoms with Gasteiger partial charge in [0, 0.05) is 11.1 Å². The quantitative estimate of drug-likeness (QED) is 0.314. The molecule has 1 aliphatic heterocycles. The molecule has 1 saturated heterocycles. The van der Waals surface area contributed by atoms with E-state index in [0.29, 0.717) is 38.2 Å². The fraction of sp³-hybridized carbons (Fsp3) is 0.258. The van der Waals surface area contributed by atoms with Gasteiger partial charge in [-0.05, 0) is 48.4 Å². The van der Waals surface area contributed by atoms with Crippen LogP contribution in [0.3, 0.4) is 0 Å². The molecule has 7 nitrogen and oxygen atoms in total. The van der Waals surface area contributed by atoms with Crippen molar-refractivity contribution in [3.05, 3.63) is 101 Å². The second-order valence-electron chi connectivity index (χ2n) is 10.1. The zero-order valence-electron chi connectivity index (χ0n) is 21.1. The summed E-state index contributed by atoms with van der Waals surface area (Å²) in [5.74, 6) is -0.150. The van der Waals surface area contributed by atoms with Crippen molar-refractivity contribution in [2.75, 3.05) is 6.61 Å². The standard InChI is InChI=1S/C31H28N2O5/c1-20-27(18-33-24(19-37-30(33)36)17-21-7-3-2-4-8-21)28(38-32-20)26-10-6-5-9-25(26)22-11-13-23(14-12-22)31(15-16-31)29(34)35/h2-14,24H,15-19H2,1H3,(H,34,35)/t24-/m0/s1. The van der Waals surface area contributed by atoms with E-state index < -0.39 is 11.4 Å². The van der Waals surface area contributed by atoms with Gasteiger partial charge in [0.25, 0.3) is 0 Å². The van der Waals surface area contributed by atoms with Gasteiger partial charge in [0.2, 0.25) is 0 Å². The van der Waals surface area contributed by atoms with Crippen molar-refractivity contribution in [2.24, 2.45) is 0 Å². The summed E-state index contributed by atoms with van der Waals surface area (Å²) in [5, 5.41) is 13.9. The van der Waals surface area contributed by atoms with Crippen molar-refractivity contribution in [3.63, 3.8) is 0 Å². The van der Waals surface area contributed by atoms with Crippen molar-refractivity contribution in [1.82, 2.24) is 10.1 Å². The van der Waals surface area contributed by atoms with Crippen LogP contribution in [0.4, 0.5) is 4.79 Å². The van der Waals surface area contributed by atoms with Gasteiger partial charge in [0.1, 0.15) is 6.61 Å². The maximum absolute atomic E-state index is 12.7. The fourth-order valence-corrected chi connectivity index (χ4v) is 5.35. The Labute approximate surface area is 220 Å². The highest BCUT2D eigenvalue weighted by Gasteiger charge is 2.51. The lowest BCUT2D eigenvalue weighted by Crippen LogP contribution is -2.34. The van der Waals surface area contributed by atoms with E-state index in [1.807, 2.05) is 73.7 Å². The third-order valence-electron chi connectivity index (χ3n) is 7.78. The zero-order chi connectivity index (χ0) is 26.3. The second kappa shape index (κ2) is 9.49. The first-order valence-electron chi connectivity index (χ1n) is 12.8. The number of aryl methyl sites for hydroxylation is 1. The monoisotopic (exact) mass is 508 g/mol. The van der Waals surface area contributed by atoms with Gasteiger partial charge in [0.05, 0.1) is 23.7 Å². The topological polar surface area (TPSA) is 92.9 Å². The van der Waals surface area contributed by atoms with Crippen LogP contribution < -0.4 is 0 Å². The highest BCUT2D eigenvalue weighted by molar-refractivity contribution is 5.86. The number of amides is 1. The Kier molecular flexibility index (Phi) is 5.98. The van der Waals surface area contributed by atoms with E-state index in [9.17, 15) is 14.7 Å². The molecule has 2 heterocycles. The average Bonchev–Trinajstić information content (AvgIpc) is 3.59. The number of hydrogen-bond acceptors (Lipinski definition) is 5. The molecule has 0 bridgehead atoms. The molecule has 0 radical (unpaired) electrons. The van der Waals surface area contributed by atoms with Gasteiger partial charge >= 0.3 is 12.1 Å². The highest BCUT2D eigenvalue weighted by atomic mass is 16.6. The predicted molar refractivity (Wildman–Crippen MR) is 141 cm³/mol.